The number of pyridine rings is 1. The average Bonchev–Trinajstić information content (AvgIpc) is 3.09. The number of halogens is 1. The molecule has 1 N–H and O–H groups in total. The molecule has 1 amide bonds. The van der Waals surface area contributed by atoms with Crippen molar-refractivity contribution in [3.8, 4) is 22.9 Å². The third kappa shape index (κ3) is 4.83. The van der Waals surface area contributed by atoms with Crippen molar-refractivity contribution in [2.45, 2.75) is 25.8 Å². The van der Waals surface area contributed by atoms with E-state index in [1.54, 1.807) is 30.6 Å². The van der Waals surface area contributed by atoms with Gasteiger partial charge >= 0.3 is 0 Å². The highest BCUT2D eigenvalue weighted by atomic mass is 35.5. The van der Waals surface area contributed by atoms with Crippen LogP contribution in [-0.4, -0.2) is 34.2 Å². The second-order valence-electron chi connectivity index (χ2n) is 6.48. The van der Waals surface area contributed by atoms with Crippen LogP contribution in [0.5, 0.6) is 11.5 Å². The van der Waals surface area contributed by atoms with Crippen LogP contribution in [0.3, 0.4) is 0 Å². The van der Waals surface area contributed by atoms with Crippen LogP contribution < -0.4 is 14.8 Å². The van der Waals surface area contributed by atoms with Gasteiger partial charge in [-0.1, -0.05) is 16.8 Å². The van der Waals surface area contributed by atoms with Gasteiger partial charge in [-0.3, -0.25) is 9.78 Å². The molecule has 0 aliphatic carbocycles. The summed E-state index contributed by atoms with van der Waals surface area (Å²) in [6, 6.07) is 7.20. The second kappa shape index (κ2) is 8.91. The lowest BCUT2D eigenvalue weighted by molar-refractivity contribution is -0.121. The number of nitrogens with zero attached hydrogens (tertiary/aromatic N) is 3. The molecule has 4 rings (SSSR count). The fourth-order valence-corrected chi connectivity index (χ4v) is 3.16. The molecule has 1 aliphatic heterocycles. The summed E-state index contributed by atoms with van der Waals surface area (Å²) < 4.78 is 16.5. The number of hydrogen-bond acceptors (Lipinski definition) is 7. The fraction of sp³-hybridized carbons (Fsp3) is 0.300. The Bertz CT molecular complexity index is 993. The van der Waals surface area contributed by atoms with Gasteiger partial charge in [0, 0.05) is 43.8 Å². The number of amides is 1. The SMILES string of the molecule is O=C(CCc1nc(-c2ccncc2)no1)NCc1cc(Cl)c2c(c1)OCCCO2. The largest absolute Gasteiger partial charge is 0.489 e. The average molecular weight is 415 g/mol. The van der Waals surface area contributed by atoms with Crippen LogP contribution in [0.1, 0.15) is 24.3 Å². The first-order valence-corrected chi connectivity index (χ1v) is 9.64. The molecule has 3 aromatic rings. The molecule has 8 nitrogen and oxygen atoms in total. The standard InChI is InChI=1S/C20H19ClN4O4/c21-15-10-13(11-16-19(15)28-9-1-8-27-16)12-23-17(26)2-3-18-24-20(25-29-18)14-4-6-22-7-5-14/h4-7,10-11H,1-3,8-9,12H2,(H,23,26). The molecule has 0 radical (unpaired) electrons. The van der Waals surface area contributed by atoms with Crippen LogP contribution in [0.15, 0.2) is 41.2 Å². The lowest BCUT2D eigenvalue weighted by Crippen LogP contribution is -2.23. The van der Waals surface area contributed by atoms with E-state index in [1.807, 2.05) is 6.07 Å². The molecule has 2 aromatic heterocycles. The number of aromatic nitrogens is 3. The van der Waals surface area contributed by atoms with Gasteiger partial charge in [-0.25, -0.2) is 0 Å². The summed E-state index contributed by atoms with van der Waals surface area (Å²) in [4.78, 5) is 20.5. The van der Waals surface area contributed by atoms with E-state index >= 15 is 0 Å². The summed E-state index contributed by atoms with van der Waals surface area (Å²) in [5.41, 5.74) is 1.65. The Morgan fingerprint density at radius 3 is 2.86 bits per heavy atom. The third-order valence-corrected chi connectivity index (χ3v) is 4.60. The number of ether oxygens (including phenoxy) is 2. The van der Waals surface area contributed by atoms with Gasteiger partial charge in [-0.05, 0) is 29.8 Å². The zero-order chi connectivity index (χ0) is 20.1. The molecular weight excluding hydrogens is 396 g/mol. The Labute approximate surface area is 172 Å². The quantitative estimate of drug-likeness (QED) is 0.661. The fourth-order valence-electron chi connectivity index (χ4n) is 2.87. The summed E-state index contributed by atoms with van der Waals surface area (Å²) in [6.07, 6.45) is 4.70. The zero-order valence-corrected chi connectivity index (χ0v) is 16.3. The Hall–Kier alpha value is -3.13. The monoisotopic (exact) mass is 414 g/mol. The highest BCUT2D eigenvalue weighted by molar-refractivity contribution is 6.32. The van der Waals surface area contributed by atoms with Crippen molar-refractivity contribution in [3.63, 3.8) is 0 Å². The minimum atomic E-state index is -0.128. The molecule has 0 spiro atoms. The maximum Gasteiger partial charge on any atom is 0.227 e. The number of benzene rings is 1. The smallest absolute Gasteiger partial charge is 0.227 e. The van der Waals surface area contributed by atoms with Crippen LogP contribution in [0.4, 0.5) is 0 Å². The molecule has 3 heterocycles. The Kier molecular flexibility index (Phi) is 5.90. The molecule has 150 valence electrons. The Morgan fingerprint density at radius 1 is 1.17 bits per heavy atom. The van der Waals surface area contributed by atoms with Crippen molar-refractivity contribution in [1.82, 2.24) is 20.4 Å². The van der Waals surface area contributed by atoms with E-state index in [4.69, 9.17) is 25.6 Å². The molecule has 0 unspecified atom stereocenters. The molecule has 0 bridgehead atoms. The molecule has 0 saturated carbocycles. The predicted molar refractivity (Wildman–Crippen MR) is 105 cm³/mol. The summed E-state index contributed by atoms with van der Waals surface area (Å²) in [5.74, 6) is 1.92. The number of hydrogen-bond donors (Lipinski definition) is 1. The van der Waals surface area contributed by atoms with Crippen molar-refractivity contribution in [2.75, 3.05) is 13.2 Å². The molecule has 29 heavy (non-hydrogen) atoms. The van der Waals surface area contributed by atoms with Gasteiger partial charge in [-0.15, -0.1) is 0 Å². The van der Waals surface area contributed by atoms with Crippen molar-refractivity contribution in [1.29, 1.82) is 0 Å². The van der Waals surface area contributed by atoms with Crippen LogP contribution in [0, 0.1) is 0 Å². The molecule has 1 aromatic carbocycles. The van der Waals surface area contributed by atoms with Gasteiger partial charge < -0.3 is 19.3 Å². The van der Waals surface area contributed by atoms with E-state index < -0.39 is 0 Å². The summed E-state index contributed by atoms with van der Waals surface area (Å²) in [7, 11) is 0. The molecular formula is C20H19ClN4O4. The van der Waals surface area contributed by atoms with Crippen LogP contribution in [0.2, 0.25) is 5.02 Å². The van der Waals surface area contributed by atoms with Gasteiger partial charge in [0.1, 0.15) is 0 Å². The number of aryl methyl sites for hydroxylation is 1. The molecule has 9 heteroatoms. The van der Waals surface area contributed by atoms with E-state index in [1.165, 1.54) is 0 Å². The first-order chi connectivity index (χ1) is 14.2. The third-order valence-electron chi connectivity index (χ3n) is 4.32. The lowest BCUT2D eigenvalue weighted by Gasteiger charge is -2.12. The highest BCUT2D eigenvalue weighted by Gasteiger charge is 2.16. The number of carbonyl (C=O) groups is 1. The summed E-state index contributed by atoms with van der Waals surface area (Å²) in [6.45, 7) is 1.48. The molecule has 0 fully saturated rings. The number of rotatable bonds is 6. The maximum atomic E-state index is 12.2. The van der Waals surface area contributed by atoms with Gasteiger partial charge in [-0.2, -0.15) is 4.98 Å². The van der Waals surface area contributed by atoms with E-state index in [-0.39, 0.29) is 12.3 Å². The van der Waals surface area contributed by atoms with Crippen LogP contribution in [-0.2, 0) is 17.8 Å². The molecule has 0 atom stereocenters. The number of carbonyl (C=O) groups excluding carboxylic acids is 1. The Morgan fingerprint density at radius 2 is 2.00 bits per heavy atom. The minimum Gasteiger partial charge on any atom is -0.489 e. The number of nitrogens with one attached hydrogen (secondary N) is 1. The van der Waals surface area contributed by atoms with Crippen molar-refractivity contribution < 1.29 is 18.8 Å². The van der Waals surface area contributed by atoms with Crippen molar-refractivity contribution in [2.24, 2.45) is 0 Å². The first-order valence-electron chi connectivity index (χ1n) is 9.27. The van der Waals surface area contributed by atoms with E-state index in [2.05, 4.69) is 20.4 Å². The normalized spacial score (nSPS) is 13.0. The lowest BCUT2D eigenvalue weighted by atomic mass is 10.2. The molecule has 1 aliphatic rings. The minimum absolute atomic E-state index is 0.128. The van der Waals surface area contributed by atoms with E-state index in [0.717, 1.165) is 17.5 Å². The zero-order valence-electron chi connectivity index (χ0n) is 15.6. The summed E-state index contributed by atoms with van der Waals surface area (Å²) >= 11 is 6.28. The Balaban J connectivity index is 1.30. The highest BCUT2D eigenvalue weighted by Crippen LogP contribution is 2.37. The summed E-state index contributed by atoms with van der Waals surface area (Å²) in [5, 5.41) is 7.27. The van der Waals surface area contributed by atoms with Gasteiger partial charge in [0.15, 0.2) is 11.5 Å². The van der Waals surface area contributed by atoms with Crippen molar-refractivity contribution in [3.05, 3.63) is 53.1 Å². The van der Waals surface area contributed by atoms with Crippen LogP contribution >= 0.6 is 11.6 Å². The van der Waals surface area contributed by atoms with Crippen LogP contribution in [0.25, 0.3) is 11.4 Å². The van der Waals surface area contributed by atoms with E-state index in [9.17, 15) is 4.79 Å². The van der Waals surface area contributed by atoms with Crippen molar-refractivity contribution >= 4 is 17.5 Å². The number of fused-ring (bicyclic) bond motifs is 1. The topological polar surface area (TPSA) is 99.4 Å². The second-order valence-corrected chi connectivity index (χ2v) is 6.89. The first kappa shape index (κ1) is 19.2. The van der Waals surface area contributed by atoms with E-state index in [0.29, 0.717) is 54.4 Å². The predicted octanol–water partition coefficient (Wildman–Crippen LogP) is 3.20. The van der Waals surface area contributed by atoms with Gasteiger partial charge in [0.05, 0.1) is 18.2 Å². The maximum absolute atomic E-state index is 12.2. The van der Waals surface area contributed by atoms with Gasteiger partial charge in [0.2, 0.25) is 17.6 Å². The molecule has 0 saturated heterocycles. The van der Waals surface area contributed by atoms with Gasteiger partial charge in [0.25, 0.3) is 0 Å².